The van der Waals surface area contributed by atoms with Crippen molar-refractivity contribution < 1.29 is 27.9 Å². The van der Waals surface area contributed by atoms with E-state index in [1.165, 1.54) is 18.2 Å². The van der Waals surface area contributed by atoms with Crippen LogP contribution in [0.4, 0.5) is 19.3 Å². The maximum absolute atomic E-state index is 13.6. The molecular weight excluding hydrogens is 480 g/mol. The monoisotopic (exact) mass is 499 g/mol. The van der Waals surface area contributed by atoms with Crippen LogP contribution in [0.5, 0.6) is 5.75 Å². The van der Waals surface area contributed by atoms with Gasteiger partial charge in [0.15, 0.2) is 5.54 Å². The van der Waals surface area contributed by atoms with Gasteiger partial charge >= 0.3 is 12.6 Å². The molecule has 35 heavy (non-hydrogen) atoms. The van der Waals surface area contributed by atoms with Gasteiger partial charge in [0.05, 0.1) is 5.02 Å². The smallest absolute Gasteiger partial charge is 0.387 e. The van der Waals surface area contributed by atoms with Crippen LogP contribution in [0.25, 0.3) is 0 Å². The third-order valence-electron chi connectivity index (χ3n) is 5.49. The maximum atomic E-state index is 13.6. The lowest BCUT2D eigenvalue weighted by Crippen LogP contribution is -2.46. The molecule has 0 saturated carbocycles. The Bertz CT molecular complexity index is 1240. The summed E-state index contributed by atoms with van der Waals surface area (Å²) in [5.74, 6) is -1.48. The van der Waals surface area contributed by atoms with Gasteiger partial charge < -0.3 is 15.4 Å². The summed E-state index contributed by atoms with van der Waals surface area (Å²) >= 11 is 5.92. The van der Waals surface area contributed by atoms with Gasteiger partial charge in [-0.3, -0.25) is 14.5 Å². The van der Waals surface area contributed by atoms with Crippen LogP contribution in [-0.2, 0) is 21.5 Å². The van der Waals surface area contributed by atoms with Crippen molar-refractivity contribution in [3.05, 3.63) is 95.0 Å². The molecule has 0 aliphatic carbocycles. The number of benzene rings is 3. The molecule has 4 rings (SSSR count). The van der Waals surface area contributed by atoms with Crippen molar-refractivity contribution >= 4 is 35.1 Å². The molecule has 7 nitrogen and oxygen atoms in total. The highest BCUT2D eigenvalue weighted by atomic mass is 35.5. The fourth-order valence-corrected chi connectivity index (χ4v) is 4.15. The largest absolute Gasteiger partial charge is 0.433 e. The standard InChI is InChI=1S/C25H20ClF2N3O4/c26-19-13-18(11-12-20(19)35-23(27)28)29-21(32)15-31-22(33)25(30-24(31)34,17-9-5-2-6-10-17)14-16-7-3-1-4-8-16/h1-13,23H,14-15H2,(H,29,32)(H,30,34). The first-order valence-corrected chi connectivity index (χ1v) is 10.9. The Morgan fingerprint density at radius 2 is 1.69 bits per heavy atom. The minimum atomic E-state index is -3.05. The van der Waals surface area contributed by atoms with E-state index in [2.05, 4.69) is 15.4 Å². The lowest BCUT2D eigenvalue weighted by Gasteiger charge is -2.27. The molecule has 3 aromatic carbocycles. The van der Waals surface area contributed by atoms with Gasteiger partial charge in [0.25, 0.3) is 5.91 Å². The van der Waals surface area contributed by atoms with Gasteiger partial charge in [-0.05, 0) is 29.3 Å². The fourth-order valence-electron chi connectivity index (χ4n) is 3.93. The number of ether oxygens (including phenoxy) is 1. The lowest BCUT2D eigenvalue weighted by atomic mass is 9.83. The van der Waals surface area contributed by atoms with Crippen molar-refractivity contribution in [1.29, 1.82) is 0 Å². The predicted molar refractivity (Wildman–Crippen MR) is 125 cm³/mol. The van der Waals surface area contributed by atoms with E-state index in [0.717, 1.165) is 10.5 Å². The number of nitrogens with zero attached hydrogens (tertiary/aromatic N) is 1. The zero-order valence-electron chi connectivity index (χ0n) is 18.2. The van der Waals surface area contributed by atoms with Gasteiger partial charge in [-0.25, -0.2) is 4.79 Å². The number of alkyl halides is 2. The number of carbonyl (C=O) groups excluding carboxylic acids is 3. The molecule has 180 valence electrons. The molecule has 0 aromatic heterocycles. The molecule has 1 unspecified atom stereocenters. The number of imide groups is 1. The average Bonchev–Trinajstić information content (AvgIpc) is 3.06. The first-order chi connectivity index (χ1) is 16.8. The molecule has 0 bridgehead atoms. The Balaban J connectivity index is 1.54. The van der Waals surface area contributed by atoms with Crippen molar-refractivity contribution in [3.8, 4) is 5.75 Å². The maximum Gasteiger partial charge on any atom is 0.387 e. The van der Waals surface area contributed by atoms with Crippen LogP contribution in [0.2, 0.25) is 5.02 Å². The molecule has 1 aliphatic rings. The molecule has 3 aromatic rings. The number of rotatable bonds is 8. The first kappa shape index (κ1) is 24.2. The number of carbonyl (C=O) groups is 3. The Kier molecular flexibility index (Phi) is 6.97. The van der Waals surface area contributed by atoms with E-state index in [-0.39, 0.29) is 22.9 Å². The van der Waals surface area contributed by atoms with Gasteiger partial charge in [0.1, 0.15) is 12.3 Å². The molecule has 1 atom stereocenters. The summed E-state index contributed by atoms with van der Waals surface area (Å²) in [6.07, 6.45) is 0.196. The first-order valence-electron chi connectivity index (χ1n) is 10.6. The van der Waals surface area contributed by atoms with E-state index in [9.17, 15) is 23.2 Å². The molecule has 1 fully saturated rings. The van der Waals surface area contributed by atoms with Crippen molar-refractivity contribution in [2.75, 3.05) is 11.9 Å². The van der Waals surface area contributed by atoms with Crippen molar-refractivity contribution in [2.24, 2.45) is 0 Å². The number of nitrogens with one attached hydrogen (secondary N) is 2. The molecule has 4 amide bonds. The highest BCUT2D eigenvalue weighted by Gasteiger charge is 2.52. The van der Waals surface area contributed by atoms with Gasteiger partial charge in [-0.15, -0.1) is 0 Å². The van der Waals surface area contributed by atoms with Crippen LogP contribution < -0.4 is 15.4 Å². The minimum Gasteiger partial charge on any atom is -0.433 e. The van der Waals surface area contributed by atoms with Gasteiger partial charge in [0, 0.05) is 12.1 Å². The van der Waals surface area contributed by atoms with Gasteiger partial charge in [-0.1, -0.05) is 72.3 Å². The van der Waals surface area contributed by atoms with E-state index < -0.39 is 36.5 Å². The third kappa shape index (κ3) is 5.25. The molecule has 2 N–H and O–H groups in total. The quantitative estimate of drug-likeness (QED) is 0.444. The Morgan fingerprint density at radius 3 is 2.31 bits per heavy atom. The molecule has 1 saturated heterocycles. The summed E-state index contributed by atoms with van der Waals surface area (Å²) in [7, 11) is 0. The van der Waals surface area contributed by atoms with Crippen LogP contribution in [0, 0.1) is 0 Å². The Morgan fingerprint density at radius 1 is 1.03 bits per heavy atom. The number of urea groups is 1. The fraction of sp³-hybridized carbons (Fsp3) is 0.160. The van der Waals surface area contributed by atoms with Crippen molar-refractivity contribution in [3.63, 3.8) is 0 Å². The summed E-state index contributed by atoms with van der Waals surface area (Å²) in [5.41, 5.74) is 0.230. The third-order valence-corrected chi connectivity index (χ3v) is 5.78. The summed E-state index contributed by atoms with van der Waals surface area (Å²) < 4.78 is 29.1. The van der Waals surface area contributed by atoms with Crippen molar-refractivity contribution in [2.45, 2.75) is 18.6 Å². The average molecular weight is 500 g/mol. The van der Waals surface area contributed by atoms with E-state index >= 15 is 0 Å². The van der Waals surface area contributed by atoms with E-state index in [1.54, 1.807) is 30.3 Å². The number of halogens is 3. The molecule has 1 heterocycles. The summed E-state index contributed by atoms with van der Waals surface area (Å²) in [4.78, 5) is 40.0. The van der Waals surface area contributed by atoms with Crippen LogP contribution >= 0.6 is 11.6 Å². The minimum absolute atomic E-state index is 0.135. The molecule has 1 aliphatic heterocycles. The van der Waals surface area contributed by atoms with Crippen LogP contribution in [0.15, 0.2) is 78.9 Å². The second-order valence-electron chi connectivity index (χ2n) is 7.83. The highest BCUT2D eigenvalue weighted by Crippen LogP contribution is 2.33. The Hall–Kier alpha value is -3.98. The predicted octanol–water partition coefficient (Wildman–Crippen LogP) is 4.57. The van der Waals surface area contributed by atoms with Gasteiger partial charge in [-0.2, -0.15) is 8.78 Å². The van der Waals surface area contributed by atoms with Crippen LogP contribution in [0.1, 0.15) is 11.1 Å². The summed E-state index contributed by atoms with van der Waals surface area (Å²) in [5, 5.41) is 5.16. The summed E-state index contributed by atoms with van der Waals surface area (Å²) in [6.45, 7) is -3.60. The molecule has 0 spiro atoms. The Labute approximate surface area is 204 Å². The zero-order chi connectivity index (χ0) is 25.0. The normalized spacial score (nSPS) is 17.4. The number of amides is 4. The molecular formula is C25H20ClF2N3O4. The van der Waals surface area contributed by atoms with Crippen LogP contribution in [-0.4, -0.2) is 35.9 Å². The van der Waals surface area contributed by atoms with Crippen molar-refractivity contribution in [1.82, 2.24) is 10.2 Å². The molecule has 0 radical (unpaired) electrons. The molecule has 10 heteroatoms. The van der Waals surface area contributed by atoms with E-state index in [0.29, 0.717) is 5.56 Å². The SMILES string of the molecule is O=C(CN1C(=O)NC(Cc2ccccc2)(c2ccccc2)C1=O)Nc1ccc(OC(F)F)c(Cl)c1. The topological polar surface area (TPSA) is 87.7 Å². The van der Waals surface area contributed by atoms with Gasteiger partial charge in [0.2, 0.25) is 5.91 Å². The summed E-state index contributed by atoms with van der Waals surface area (Å²) in [6, 6.07) is 21.1. The second kappa shape index (κ2) is 10.1. The van der Waals surface area contributed by atoms with E-state index in [1.807, 2.05) is 30.3 Å². The zero-order valence-corrected chi connectivity index (χ0v) is 19.0. The second-order valence-corrected chi connectivity index (χ2v) is 8.23. The highest BCUT2D eigenvalue weighted by molar-refractivity contribution is 6.32. The lowest BCUT2D eigenvalue weighted by molar-refractivity contribution is -0.134. The number of hydrogen-bond acceptors (Lipinski definition) is 4. The number of anilines is 1. The van der Waals surface area contributed by atoms with E-state index in [4.69, 9.17) is 11.6 Å². The van der Waals surface area contributed by atoms with Crippen LogP contribution in [0.3, 0.4) is 0 Å². The number of hydrogen-bond donors (Lipinski definition) is 2.